The lowest BCUT2D eigenvalue weighted by Gasteiger charge is -2.05. The van der Waals surface area contributed by atoms with Crippen LogP contribution in [0, 0.1) is 0 Å². The molecule has 1 aromatic carbocycles. The first-order valence-electron chi connectivity index (χ1n) is 6.36. The molecule has 0 amide bonds. The topological polar surface area (TPSA) is 84.5 Å². The molecule has 19 heavy (non-hydrogen) atoms. The number of hydrazone groups is 1. The average molecular weight is 283 g/mol. The van der Waals surface area contributed by atoms with Crippen molar-refractivity contribution in [2.75, 3.05) is 5.73 Å². The maximum absolute atomic E-state index is 11.9. The Labute approximate surface area is 115 Å². The van der Waals surface area contributed by atoms with Gasteiger partial charge in [0.2, 0.25) is 0 Å². The van der Waals surface area contributed by atoms with Crippen molar-refractivity contribution in [1.29, 1.82) is 0 Å². The second-order valence-corrected chi connectivity index (χ2v) is 6.13. The van der Waals surface area contributed by atoms with Crippen molar-refractivity contribution in [2.45, 2.75) is 44.4 Å². The normalized spacial score (nSPS) is 12.4. The molecular weight excluding hydrogens is 262 g/mol. The summed E-state index contributed by atoms with van der Waals surface area (Å²) < 4.78 is 23.8. The van der Waals surface area contributed by atoms with Crippen LogP contribution in [-0.2, 0) is 10.0 Å². The van der Waals surface area contributed by atoms with Gasteiger partial charge in [-0.05, 0) is 44.0 Å². The van der Waals surface area contributed by atoms with Crippen molar-refractivity contribution in [2.24, 2.45) is 5.10 Å². The third-order valence-corrected chi connectivity index (χ3v) is 3.91. The number of nitrogen functional groups attached to an aromatic ring is 1. The van der Waals surface area contributed by atoms with Gasteiger partial charge in [-0.25, -0.2) is 4.83 Å². The van der Waals surface area contributed by atoms with Gasteiger partial charge in [0.1, 0.15) is 0 Å². The van der Waals surface area contributed by atoms with E-state index in [-0.39, 0.29) is 4.90 Å². The number of hydrogen-bond acceptors (Lipinski definition) is 4. The summed E-state index contributed by atoms with van der Waals surface area (Å²) >= 11 is 0. The molecule has 0 fully saturated rings. The largest absolute Gasteiger partial charge is 0.399 e. The Bertz CT molecular complexity index is 521. The maximum Gasteiger partial charge on any atom is 0.276 e. The summed E-state index contributed by atoms with van der Waals surface area (Å²) in [5, 5.41) is 3.91. The summed E-state index contributed by atoms with van der Waals surface area (Å²) in [6, 6.07) is 6.01. The fraction of sp³-hybridized carbons (Fsp3) is 0.462. The molecule has 0 unspecified atom stereocenters. The SMILES string of the molecule is CCCCCC(C)=NNS(=O)(=O)c1ccc(N)cc1. The lowest BCUT2D eigenvalue weighted by molar-refractivity contribution is 0.584. The van der Waals surface area contributed by atoms with Gasteiger partial charge in [0.25, 0.3) is 10.0 Å². The van der Waals surface area contributed by atoms with Crippen LogP contribution in [0.4, 0.5) is 5.69 Å². The van der Waals surface area contributed by atoms with Gasteiger partial charge in [-0.15, -0.1) is 0 Å². The standard InChI is InChI=1S/C13H21N3O2S/c1-3-4-5-6-11(2)15-16-19(17,18)13-9-7-12(14)8-10-13/h7-10,16H,3-6,14H2,1-2H3. The van der Waals surface area contributed by atoms with Crippen LogP contribution in [0.5, 0.6) is 0 Å². The van der Waals surface area contributed by atoms with E-state index in [0.717, 1.165) is 31.4 Å². The van der Waals surface area contributed by atoms with E-state index in [4.69, 9.17) is 5.73 Å². The second kappa shape index (κ2) is 7.13. The zero-order valence-electron chi connectivity index (χ0n) is 11.4. The highest BCUT2D eigenvalue weighted by Crippen LogP contribution is 2.11. The summed E-state index contributed by atoms with van der Waals surface area (Å²) in [5.41, 5.74) is 6.83. The summed E-state index contributed by atoms with van der Waals surface area (Å²) in [6.07, 6.45) is 4.08. The van der Waals surface area contributed by atoms with Crippen molar-refractivity contribution in [1.82, 2.24) is 4.83 Å². The lowest BCUT2D eigenvalue weighted by Crippen LogP contribution is -2.19. The number of hydrogen-bond donors (Lipinski definition) is 2. The first-order valence-corrected chi connectivity index (χ1v) is 7.84. The number of nitrogens with two attached hydrogens (primary N) is 1. The van der Waals surface area contributed by atoms with Crippen molar-refractivity contribution >= 4 is 21.4 Å². The van der Waals surface area contributed by atoms with Crippen molar-refractivity contribution in [3.63, 3.8) is 0 Å². The monoisotopic (exact) mass is 283 g/mol. The van der Waals surface area contributed by atoms with Crippen molar-refractivity contribution < 1.29 is 8.42 Å². The van der Waals surface area contributed by atoms with Gasteiger partial charge in [0.05, 0.1) is 4.90 Å². The molecule has 0 aliphatic heterocycles. The average Bonchev–Trinajstić information content (AvgIpc) is 2.37. The Morgan fingerprint density at radius 3 is 2.47 bits per heavy atom. The molecule has 0 saturated heterocycles. The van der Waals surface area contributed by atoms with Crippen LogP contribution in [0.15, 0.2) is 34.3 Å². The van der Waals surface area contributed by atoms with Crippen LogP contribution in [0.25, 0.3) is 0 Å². The van der Waals surface area contributed by atoms with Gasteiger partial charge in [-0.2, -0.15) is 13.5 Å². The Morgan fingerprint density at radius 2 is 1.89 bits per heavy atom. The van der Waals surface area contributed by atoms with Crippen LogP contribution < -0.4 is 10.6 Å². The Hall–Kier alpha value is -1.56. The highest BCUT2D eigenvalue weighted by molar-refractivity contribution is 7.89. The van der Waals surface area contributed by atoms with Crippen LogP contribution in [-0.4, -0.2) is 14.1 Å². The van der Waals surface area contributed by atoms with Gasteiger partial charge in [0.15, 0.2) is 0 Å². The first kappa shape index (κ1) is 15.5. The van der Waals surface area contributed by atoms with E-state index < -0.39 is 10.0 Å². The molecule has 1 rings (SSSR count). The van der Waals surface area contributed by atoms with Gasteiger partial charge < -0.3 is 5.73 Å². The van der Waals surface area contributed by atoms with E-state index >= 15 is 0 Å². The van der Waals surface area contributed by atoms with E-state index in [9.17, 15) is 8.42 Å². The smallest absolute Gasteiger partial charge is 0.276 e. The number of unbranched alkanes of at least 4 members (excludes halogenated alkanes) is 2. The van der Waals surface area contributed by atoms with E-state index in [0.29, 0.717) is 5.69 Å². The number of sulfonamides is 1. The molecule has 0 bridgehead atoms. The summed E-state index contributed by atoms with van der Waals surface area (Å²) in [6.45, 7) is 3.94. The fourth-order valence-electron chi connectivity index (χ4n) is 1.52. The fourth-order valence-corrected chi connectivity index (χ4v) is 2.40. The summed E-state index contributed by atoms with van der Waals surface area (Å²) in [4.78, 5) is 2.40. The minimum atomic E-state index is -3.60. The lowest BCUT2D eigenvalue weighted by atomic mass is 10.1. The Kier molecular flexibility index (Phi) is 5.82. The van der Waals surface area contributed by atoms with Crippen LogP contribution in [0.2, 0.25) is 0 Å². The minimum absolute atomic E-state index is 0.159. The number of nitrogens with zero attached hydrogens (tertiary/aromatic N) is 1. The van der Waals surface area contributed by atoms with Crippen molar-refractivity contribution in [3.05, 3.63) is 24.3 Å². The minimum Gasteiger partial charge on any atom is -0.399 e. The van der Waals surface area contributed by atoms with E-state index in [1.54, 1.807) is 12.1 Å². The van der Waals surface area contributed by atoms with Gasteiger partial charge in [-0.1, -0.05) is 19.8 Å². The molecule has 3 N–H and O–H groups in total. The summed E-state index contributed by atoms with van der Waals surface area (Å²) in [7, 11) is -3.60. The predicted octanol–water partition coefficient (Wildman–Crippen LogP) is 2.50. The number of nitrogens with one attached hydrogen (secondary N) is 1. The molecule has 0 spiro atoms. The van der Waals surface area contributed by atoms with Crippen molar-refractivity contribution in [3.8, 4) is 0 Å². The quantitative estimate of drug-likeness (QED) is 0.349. The second-order valence-electron chi connectivity index (χ2n) is 4.47. The third-order valence-electron chi connectivity index (χ3n) is 2.69. The summed E-state index contributed by atoms with van der Waals surface area (Å²) in [5.74, 6) is 0. The zero-order valence-corrected chi connectivity index (χ0v) is 12.2. The number of benzene rings is 1. The molecule has 0 atom stereocenters. The third kappa shape index (κ3) is 5.30. The van der Waals surface area contributed by atoms with Gasteiger partial charge in [-0.3, -0.25) is 0 Å². The zero-order chi connectivity index (χ0) is 14.3. The van der Waals surface area contributed by atoms with Crippen LogP contribution in [0.3, 0.4) is 0 Å². The molecule has 0 saturated carbocycles. The molecule has 0 radical (unpaired) electrons. The van der Waals surface area contributed by atoms with E-state index in [2.05, 4.69) is 16.9 Å². The molecule has 0 heterocycles. The van der Waals surface area contributed by atoms with E-state index in [1.165, 1.54) is 12.1 Å². The highest BCUT2D eigenvalue weighted by Gasteiger charge is 2.12. The molecule has 106 valence electrons. The van der Waals surface area contributed by atoms with Gasteiger partial charge in [0, 0.05) is 11.4 Å². The molecule has 0 aromatic heterocycles. The Balaban J connectivity index is 2.64. The molecule has 5 nitrogen and oxygen atoms in total. The predicted molar refractivity (Wildman–Crippen MR) is 78.4 cm³/mol. The Morgan fingerprint density at radius 1 is 1.26 bits per heavy atom. The van der Waals surface area contributed by atoms with Gasteiger partial charge >= 0.3 is 0 Å². The van der Waals surface area contributed by atoms with Crippen LogP contribution >= 0.6 is 0 Å². The highest BCUT2D eigenvalue weighted by atomic mass is 32.2. The molecule has 0 aliphatic carbocycles. The number of rotatable bonds is 7. The van der Waals surface area contributed by atoms with E-state index in [1.807, 2.05) is 6.92 Å². The molecule has 6 heteroatoms. The molecule has 1 aromatic rings. The maximum atomic E-state index is 11.9. The molecule has 0 aliphatic rings. The van der Waals surface area contributed by atoms with Crippen LogP contribution in [0.1, 0.15) is 39.5 Å². The number of anilines is 1. The molecular formula is C13H21N3O2S. The first-order chi connectivity index (χ1) is 8.95.